The lowest BCUT2D eigenvalue weighted by molar-refractivity contribution is -0.104. The zero-order chi connectivity index (χ0) is 9.90. The van der Waals surface area contributed by atoms with E-state index in [0.717, 1.165) is 6.29 Å². The van der Waals surface area contributed by atoms with Crippen LogP contribution in [0.1, 0.15) is 33.6 Å². The molecular formula is C12H18O. The van der Waals surface area contributed by atoms with Gasteiger partial charge in [-0.15, -0.1) is 0 Å². The van der Waals surface area contributed by atoms with Crippen LogP contribution in [0.3, 0.4) is 0 Å². The van der Waals surface area contributed by atoms with Crippen LogP contribution in [0.15, 0.2) is 23.8 Å². The Balaban J connectivity index is 2.87. The van der Waals surface area contributed by atoms with Crippen molar-refractivity contribution in [3.05, 3.63) is 23.8 Å². The number of allylic oxidation sites excluding steroid dienone is 4. The molecule has 1 nitrogen and oxygen atoms in total. The molecule has 1 rings (SSSR count). The standard InChI is InChI=1S/C12H18O/c1-10-6-4-8-12(2,3)11(10)7-5-9-13/h5-7,9,11H,4,8H2,1-3H3/b7-5+. The Bertz CT molecular complexity index is 246. The molecule has 0 aliphatic heterocycles. The molecule has 1 heteroatoms. The molecule has 1 unspecified atom stereocenters. The number of carbonyl (C=O) groups excluding carboxylic acids is 1. The molecule has 1 atom stereocenters. The van der Waals surface area contributed by atoms with Gasteiger partial charge in [-0.2, -0.15) is 0 Å². The fourth-order valence-corrected chi connectivity index (χ4v) is 2.14. The molecule has 0 aromatic rings. The van der Waals surface area contributed by atoms with E-state index < -0.39 is 0 Å². The zero-order valence-corrected chi connectivity index (χ0v) is 8.71. The first-order valence-corrected chi connectivity index (χ1v) is 4.86. The molecular weight excluding hydrogens is 160 g/mol. The number of rotatable bonds is 2. The molecule has 1 aliphatic rings. The van der Waals surface area contributed by atoms with Crippen LogP contribution in [0.5, 0.6) is 0 Å². The second-order valence-electron chi connectivity index (χ2n) is 4.47. The van der Waals surface area contributed by atoms with Crippen molar-refractivity contribution < 1.29 is 4.79 Å². The fraction of sp³-hybridized carbons (Fsp3) is 0.583. The molecule has 0 N–H and O–H groups in total. The Labute approximate surface area is 80.5 Å². The average Bonchev–Trinajstić information content (AvgIpc) is 2.02. The van der Waals surface area contributed by atoms with Gasteiger partial charge in [0.25, 0.3) is 0 Å². The van der Waals surface area contributed by atoms with Gasteiger partial charge < -0.3 is 0 Å². The maximum atomic E-state index is 10.3. The lowest BCUT2D eigenvalue weighted by atomic mass is 9.68. The summed E-state index contributed by atoms with van der Waals surface area (Å²) in [6.45, 7) is 6.69. The molecule has 0 bridgehead atoms. The first-order valence-electron chi connectivity index (χ1n) is 4.86. The van der Waals surface area contributed by atoms with Crippen molar-refractivity contribution in [1.82, 2.24) is 0 Å². The quantitative estimate of drug-likeness (QED) is 0.361. The predicted octanol–water partition coefficient (Wildman–Crippen LogP) is 3.12. The molecule has 0 heterocycles. The maximum Gasteiger partial charge on any atom is 0.142 e. The molecule has 0 aromatic heterocycles. The topological polar surface area (TPSA) is 17.1 Å². The maximum absolute atomic E-state index is 10.3. The molecule has 0 saturated heterocycles. The average molecular weight is 178 g/mol. The lowest BCUT2D eigenvalue weighted by Gasteiger charge is -2.36. The molecule has 0 aromatic carbocycles. The van der Waals surface area contributed by atoms with E-state index >= 15 is 0 Å². The van der Waals surface area contributed by atoms with Gasteiger partial charge in [0.05, 0.1) is 0 Å². The van der Waals surface area contributed by atoms with Crippen LogP contribution in [0.4, 0.5) is 0 Å². The summed E-state index contributed by atoms with van der Waals surface area (Å²) in [5.41, 5.74) is 1.70. The Morgan fingerprint density at radius 1 is 1.54 bits per heavy atom. The molecule has 1 aliphatic carbocycles. The summed E-state index contributed by atoms with van der Waals surface area (Å²) in [5.74, 6) is 0.437. The first-order chi connectivity index (χ1) is 6.08. The van der Waals surface area contributed by atoms with Gasteiger partial charge in [-0.05, 0) is 31.3 Å². The normalized spacial score (nSPS) is 27.3. The van der Waals surface area contributed by atoms with E-state index in [0.29, 0.717) is 11.3 Å². The van der Waals surface area contributed by atoms with Gasteiger partial charge in [0.2, 0.25) is 0 Å². The molecule has 0 spiro atoms. The lowest BCUT2D eigenvalue weighted by Crippen LogP contribution is -2.26. The van der Waals surface area contributed by atoms with Gasteiger partial charge in [0.1, 0.15) is 6.29 Å². The van der Waals surface area contributed by atoms with E-state index in [9.17, 15) is 4.79 Å². The van der Waals surface area contributed by atoms with Crippen LogP contribution in [0.2, 0.25) is 0 Å². The number of aldehydes is 1. The summed E-state index contributed by atoms with van der Waals surface area (Å²) in [6.07, 6.45) is 9.17. The molecule has 13 heavy (non-hydrogen) atoms. The monoisotopic (exact) mass is 178 g/mol. The Hall–Kier alpha value is -0.850. The highest BCUT2D eigenvalue weighted by Gasteiger charge is 2.30. The summed E-state index contributed by atoms with van der Waals surface area (Å²) in [4.78, 5) is 10.3. The summed E-state index contributed by atoms with van der Waals surface area (Å²) in [6, 6.07) is 0. The van der Waals surface area contributed by atoms with Crippen molar-refractivity contribution in [1.29, 1.82) is 0 Å². The van der Waals surface area contributed by atoms with E-state index in [1.807, 2.05) is 6.08 Å². The SMILES string of the molecule is CC1=CCCC(C)(C)C1/C=C/C=O. The van der Waals surface area contributed by atoms with Gasteiger partial charge >= 0.3 is 0 Å². The largest absolute Gasteiger partial charge is 0.299 e. The molecule has 0 fully saturated rings. The summed E-state index contributed by atoms with van der Waals surface area (Å²) >= 11 is 0. The zero-order valence-electron chi connectivity index (χ0n) is 8.71. The molecule has 0 amide bonds. The van der Waals surface area contributed by atoms with Gasteiger partial charge in [0.15, 0.2) is 0 Å². The van der Waals surface area contributed by atoms with E-state index in [1.54, 1.807) is 6.08 Å². The van der Waals surface area contributed by atoms with Crippen molar-refractivity contribution in [2.24, 2.45) is 11.3 Å². The highest BCUT2D eigenvalue weighted by atomic mass is 16.1. The Morgan fingerprint density at radius 3 is 2.77 bits per heavy atom. The number of carbonyl (C=O) groups is 1. The molecule has 0 saturated carbocycles. The van der Waals surface area contributed by atoms with E-state index in [-0.39, 0.29) is 0 Å². The van der Waals surface area contributed by atoms with E-state index in [2.05, 4.69) is 26.8 Å². The van der Waals surface area contributed by atoms with Crippen molar-refractivity contribution >= 4 is 6.29 Å². The third-order valence-electron chi connectivity index (χ3n) is 2.97. The number of hydrogen-bond acceptors (Lipinski definition) is 1. The van der Waals surface area contributed by atoms with Crippen LogP contribution in [-0.4, -0.2) is 6.29 Å². The van der Waals surface area contributed by atoms with Crippen molar-refractivity contribution in [3.63, 3.8) is 0 Å². The van der Waals surface area contributed by atoms with Crippen molar-refractivity contribution in [2.45, 2.75) is 33.6 Å². The second kappa shape index (κ2) is 3.91. The minimum atomic E-state index is 0.304. The minimum Gasteiger partial charge on any atom is -0.299 e. The Kier molecular flexibility index (Phi) is 3.07. The number of hydrogen-bond donors (Lipinski definition) is 0. The van der Waals surface area contributed by atoms with Crippen LogP contribution in [0.25, 0.3) is 0 Å². The van der Waals surface area contributed by atoms with Crippen molar-refractivity contribution in [2.75, 3.05) is 0 Å². The van der Waals surface area contributed by atoms with Gasteiger partial charge in [0, 0.05) is 5.92 Å². The van der Waals surface area contributed by atoms with Crippen LogP contribution in [-0.2, 0) is 4.79 Å². The van der Waals surface area contributed by atoms with Crippen LogP contribution in [0, 0.1) is 11.3 Å². The van der Waals surface area contributed by atoms with Crippen molar-refractivity contribution in [3.8, 4) is 0 Å². The van der Waals surface area contributed by atoms with Gasteiger partial charge in [-0.1, -0.05) is 31.6 Å². The summed E-state index contributed by atoms with van der Waals surface area (Å²) in [7, 11) is 0. The first kappa shape index (κ1) is 10.2. The smallest absolute Gasteiger partial charge is 0.142 e. The Morgan fingerprint density at radius 2 is 2.23 bits per heavy atom. The molecule has 72 valence electrons. The van der Waals surface area contributed by atoms with E-state index in [4.69, 9.17) is 0 Å². The van der Waals surface area contributed by atoms with Gasteiger partial charge in [-0.25, -0.2) is 0 Å². The molecule has 0 radical (unpaired) electrons. The third-order valence-corrected chi connectivity index (χ3v) is 2.97. The minimum absolute atomic E-state index is 0.304. The highest BCUT2D eigenvalue weighted by molar-refractivity contribution is 5.64. The predicted molar refractivity (Wildman–Crippen MR) is 55.5 cm³/mol. The summed E-state index contributed by atoms with van der Waals surface area (Å²) < 4.78 is 0. The third kappa shape index (κ3) is 2.30. The highest BCUT2D eigenvalue weighted by Crippen LogP contribution is 2.41. The van der Waals surface area contributed by atoms with Crippen LogP contribution >= 0.6 is 0 Å². The second-order valence-corrected chi connectivity index (χ2v) is 4.47. The van der Waals surface area contributed by atoms with Crippen LogP contribution < -0.4 is 0 Å². The fourth-order valence-electron chi connectivity index (χ4n) is 2.14. The summed E-state index contributed by atoms with van der Waals surface area (Å²) in [5, 5.41) is 0. The van der Waals surface area contributed by atoms with Gasteiger partial charge in [-0.3, -0.25) is 4.79 Å². The van der Waals surface area contributed by atoms with E-state index in [1.165, 1.54) is 18.4 Å².